The van der Waals surface area contributed by atoms with Crippen LogP contribution in [0.1, 0.15) is 11.5 Å². The number of furan rings is 1. The molecule has 0 amide bonds. The molecule has 0 atom stereocenters. The number of hydrogen-bond acceptors (Lipinski definition) is 7. The van der Waals surface area contributed by atoms with E-state index in [4.69, 9.17) is 21.8 Å². The van der Waals surface area contributed by atoms with Crippen molar-refractivity contribution in [1.82, 2.24) is 9.97 Å². The van der Waals surface area contributed by atoms with Gasteiger partial charge in [0.1, 0.15) is 15.8 Å². The van der Waals surface area contributed by atoms with Gasteiger partial charge in [-0.25, -0.2) is 4.98 Å². The Hall–Kier alpha value is -2.81. The van der Waals surface area contributed by atoms with Gasteiger partial charge in [0.15, 0.2) is 11.6 Å². The Morgan fingerprint density at radius 3 is 2.95 bits per heavy atom. The van der Waals surface area contributed by atoms with E-state index in [1.165, 1.54) is 30.7 Å². The molecule has 2 aromatic rings. The third kappa shape index (κ3) is 3.36. The molecule has 102 valence electrons. The van der Waals surface area contributed by atoms with Crippen LogP contribution in [0, 0.1) is 10.1 Å². The largest absolute Gasteiger partial charge is 0.433 e. The number of hydrogen-bond donors (Lipinski definition) is 1. The molecule has 2 rings (SSSR count). The van der Waals surface area contributed by atoms with Gasteiger partial charge in [0, 0.05) is 0 Å². The van der Waals surface area contributed by atoms with Gasteiger partial charge in [0.05, 0.1) is 24.7 Å². The minimum atomic E-state index is -0.656. The Labute approximate surface area is 117 Å². The summed E-state index contributed by atoms with van der Waals surface area (Å²) in [6.45, 7) is 0. The molecule has 0 spiro atoms. The van der Waals surface area contributed by atoms with Crippen LogP contribution in [0.4, 0.5) is 5.88 Å². The smallest absolute Gasteiger partial charge is 0.400 e. The van der Waals surface area contributed by atoms with Gasteiger partial charge in [-0.05, 0) is 6.07 Å². The van der Waals surface area contributed by atoms with E-state index in [1.807, 2.05) is 0 Å². The lowest BCUT2D eigenvalue weighted by atomic mass is 10.4. The molecule has 0 aromatic carbocycles. The van der Waals surface area contributed by atoms with Crippen molar-refractivity contribution < 1.29 is 9.34 Å². The Bertz CT molecular complexity index is 696. The van der Waals surface area contributed by atoms with Crippen LogP contribution < -0.4 is 5.73 Å². The van der Waals surface area contributed by atoms with Crippen LogP contribution in [0.5, 0.6) is 0 Å². The number of amidine groups is 1. The molecule has 2 N–H and O–H groups in total. The van der Waals surface area contributed by atoms with Crippen molar-refractivity contribution in [1.29, 1.82) is 0 Å². The zero-order valence-electron chi connectivity index (χ0n) is 9.80. The maximum atomic E-state index is 10.4. The zero-order chi connectivity index (χ0) is 14.5. The first kappa shape index (κ1) is 13.6. The molecule has 0 aliphatic rings. The van der Waals surface area contributed by atoms with E-state index < -0.39 is 4.92 Å². The first-order chi connectivity index (χ1) is 9.56. The predicted octanol–water partition coefficient (Wildman–Crippen LogP) is 1.37. The van der Waals surface area contributed by atoms with Crippen LogP contribution in [-0.2, 0) is 0 Å². The predicted molar refractivity (Wildman–Crippen MR) is 70.7 cm³/mol. The summed E-state index contributed by atoms with van der Waals surface area (Å²) in [5.41, 5.74) is 5.88. The second-order valence-electron chi connectivity index (χ2n) is 3.39. The highest BCUT2D eigenvalue weighted by Gasteiger charge is 2.10. The van der Waals surface area contributed by atoms with E-state index in [9.17, 15) is 10.1 Å². The zero-order valence-corrected chi connectivity index (χ0v) is 10.6. The topological polar surface area (TPSA) is 133 Å². The van der Waals surface area contributed by atoms with Crippen LogP contribution in [0.3, 0.4) is 0 Å². The van der Waals surface area contributed by atoms with Gasteiger partial charge in [-0.2, -0.15) is 5.10 Å². The van der Waals surface area contributed by atoms with Crippen molar-refractivity contribution in [2.24, 2.45) is 15.9 Å². The SMILES string of the molecule is NC(=NN=Cc1ccc([N+](=O)[O-])o1)c1cncc(Cl)n1. The summed E-state index contributed by atoms with van der Waals surface area (Å²) in [5.74, 6) is -0.216. The molecule has 10 heteroatoms. The molecule has 0 aliphatic heterocycles. The maximum Gasteiger partial charge on any atom is 0.433 e. The van der Waals surface area contributed by atoms with E-state index in [1.54, 1.807) is 0 Å². The first-order valence-electron chi connectivity index (χ1n) is 5.15. The highest BCUT2D eigenvalue weighted by atomic mass is 35.5. The molecule has 20 heavy (non-hydrogen) atoms. The number of halogens is 1. The second-order valence-corrected chi connectivity index (χ2v) is 3.78. The van der Waals surface area contributed by atoms with E-state index in [0.717, 1.165) is 0 Å². The number of aromatic nitrogens is 2. The van der Waals surface area contributed by atoms with Crippen LogP contribution in [0.25, 0.3) is 0 Å². The molecule has 0 saturated heterocycles. The Balaban J connectivity index is 2.11. The lowest BCUT2D eigenvalue weighted by molar-refractivity contribution is -0.402. The molecule has 0 unspecified atom stereocenters. The lowest BCUT2D eigenvalue weighted by Gasteiger charge is -1.96. The van der Waals surface area contributed by atoms with Gasteiger partial charge in [-0.3, -0.25) is 15.1 Å². The Morgan fingerprint density at radius 1 is 1.50 bits per heavy atom. The third-order valence-corrected chi connectivity index (χ3v) is 2.19. The summed E-state index contributed by atoms with van der Waals surface area (Å²) in [5, 5.41) is 17.9. The van der Waals surface area contributed by atoms with Crippen molar-refractivity contribution in [2.75, 3.05) is 0 Å². The van der Waals surface area contributed by atoms with Gasteiger partial charge in [-0.15, -0.1) is 5.10 Å². The minimum Gasteiger partial charge on any atom is -0.400 e. The highest BCUT2D eigenvalue weighted by molar-refractivity contribution is 6.29. The monoisotopic (exact) mass is 294 g/mol. The minimum absolute atomic E-state index is 0.00249. The molecule has 0 fully saturated rings. The standard InChI is InChI=1S/C10H7ClN6O3/c11-8-5-13-4-7(15-8)10(12)16-14-3-6-1-2-9(20-6)17(18)19/h1-5H,(H2,12,16). The van der Waals surface area contributed by atoms with E-state index >= 15 is 0 Å². The molecule has 0 bridgehead atoms. The average molecular weight is 295 g/mol. The molecule has 0 saturated carbocycles. The summed E-state index contributed by atoms with van der Waals surface area (Å²) in [7, 11) is 0. The molecule has 0 radical (unpaired) electrons. The van der Waals surface area contributed by atoms with Crippen molar-refractivity contribution >= 4 is 29.5 Å². The number of nitrogens with zero attached hydrogens (tertiary/aromatic N) is 5. The average Bonchev–Trinajstić information content (AvgIpc) is 2.87. The lowest BCUT2D eigenvalue weighted by Crippen LogP contribution is -2.15. The molecular formula is C10H7ClN6O3. The second kappa shape index (κ2) is 5.89. The Morgan fingerprint density at radius 2 is 2.30 bits per heavy atom. The van der Waals surface area contributed by atoms with Crippen molar-refractivity contribution in [2.45, 2.75) is 0 Å². The van der Waals surface area contributed by atoms with Crippen LogP contribution in [-0.4, -0.2) is 26.9 Å². The highest BCUT2D eigenvalue weighted by Crippen LogP contribution is 2.13. The Kier molecular flexibility index (Phi) is 4.01. The number of rotatable bonds is 4. The van der Waals surface area contributed by atoms with Crippen LogP contribution in [0.2, 0.25) is 5.15 Å². The fourth-order valence-corrected chi connectivity index (χ4v) is 1.32. The number of nitrogens with two attached hydrogens (primary N) is 1. The van der Waals surface area contributed by atoms with Gasteiger partial charge in [0.2, 0.25) is 0 Å². The molecule has 2 heterocycles. The van der Waals surface area contributed by atoms with Crippen molar-refractivity contribution in [3.63, 3.8) is 0 Å². The summed E-state index contributed by atoms with van der Waals surface area (Å²) in [6.07, 6.45) is 3.90. The summed E-state index contributed by atoms with van der Waals surface area (Å²) >= 11 is 5.65. The van der Waals surface area contributed by atoms with Gasteiger partial charge < -0.3 is 10.2 Å². The summed E-state index contributed by atoms with van der Waals surface area (Å²) in [4.78, 5) is 17.4. The quantitative estimate of drug-likeness (QED) is 0.392. The molecule has 0 aliphatic carbocycles. The fourth-order valence-electron chi connectivity index (χ4n) is 1.17. The van der Waals surface area contributed by atoms with Crippen LogP contribution >= 0.6 is 11.6 Å². The summed E-state index contributed by atoms with van der Waals surface area (Å²) in [6, 6.07) is 2.59. The molecular weight excluding hydrogens is 288 g/mol. The first-order valence-corrected chi connectivity index (χ1v) is 5.52. The third-order valence-electron chi connectivity index (χ3n) is 2.01. The van der Waals surface area contributed by atoms with E-state index in [2.05, 4.69) is 20.2 Å². The fraction of sp³-hybridized carbons (Fsp3) is 0. The molecule has 2 aromatic heterocycles. The van der Waals surface area contributed by atoms with Crippen molar-refractivity contribution in [3.8, 4) is 0 Å². The van der Waals surface area contributed by atoms with Gasteiger partial charge >= 0.3 is 5.88 Å². The maximum absolute atomic E-state index is 10.4. The summed E-state index contributed by atoms with van der Waals surface area (Å²) < 4.78 is 4.84. The van der Waals surface area contributed by atoms with Crippen molar-refractivity contribution in [3.05, 3.63) is 51.2 Å². The van der Waals surface area contributed by atoms with E-state index in [-0.39, 0.29) is 28.3 Å². The molecule has 9 nitrogen and oxygen atoms in total. The normalized spacial score (nSPS) is 11.9. The van der Waals surface area contributed by atoms with Gasteiger partial charge in [-0.1, -0.05) is 11.6 Å². The number of nitro groups is 1. The van der Waals surface area contributed by atoms with E-state index in [0.29, 0.717) is 0 Å². The van der Waals surface area contributed by atoms with Gasteiger partial charge in [0.25, 0.3) is 0 Å². The van der Waals surface area contributed by atoms with Crippen LogP contribution in [0.15, 0.2) is 39.1 Å².